The molecule has 1 atom stereocenters. The Morgan fingerprint density at radius 3 is 2.70 bits per heavy atom. The van der Waals surface area contributed by atoms with Gasteiger partial charge in [0.15, 0.2) is 0 Å². The van der Waals surface area contributed by atoms with E-state index >= 15 is 0 Å². The Bertz CT molecular complexity index is 895. The standard InChI is InChI=1S/C22H24N2O3/c1-16-6-3-4-9-19(16)24-15-22(13-20(24)25)10-11-23(14-22)21(26)17-7-5-8-18(12-17)27-2/h3-9,12H,10-11,13-15H2,1-2H3/t22-/m1/s1. The molecule has 2 aliphatic heterocycles. The Labute approximate surface area is 159 Å². The van der Waals surface area contributed by atoms with E-state index < -0.39 is 0 Å². The van der Waals surface area contributed by atoms with Gasteiger partial charge in [0.1, 0.15) is 5.75 Å². The molecule has 2 saturated heterocycles. The lowest BCUT2D eigenvalue weighted by molar-refractivity contribution is -0.117. The van der Waals surface area contributed by atoms with Crippen LogP contribution in [0.4, 0.5) is 5.69 Å². The van der Waals surface area contributed by atoms with Crippen LogP contribution in [-0.4, -0.2) is 43.5 Å². The molecule has 5 nitrogen and oxygen atoms in total. The Morgan fingerprint density at radius 1 is 1.11 bits per heavy atom. The SMILES string of the molecule is COc1cccc(C(=O)N2CC[C@@]3(CC(=O)N(c4ccccc4C)C3)C2)c1. The number of aryl methyl sites for hydroxylation is 1. The van der Waals surface area contributed by atoms with Gasteiger partial charge in [0.2, 0.25) is 5.91 Å². The molecule has 0 bridgehead atoms. The summed E-state index contributed by atoms with van der Waals surface area (Å²) in [5.74, 6) is 0.837. The van der Waals surface area contributed by atoms with Crippen molar-refractivity contribution in [3.8, 4) is 5.75 Å². The molecule has 27 heavy (non-hydrogen) atoms. The van der Waals surface area contributed by atoms with E-state index in [2.05, 4.69) is 0 Å². The predicted octanol–water partition coefficient (Wildman–Crippen LogP) is 3.27. The Kier molecular flexibility index (Phi) is 4.38. The third kappa shape index (κ3) is 3.18. The predicted molar refractivity (Wildman–Crippen MR) is 104 cm³/mol. The second kappa shape index (κ2) is 6.72. The zero-order valence-corrected chi connectivity index (χ0v) is 15.8. The van der Waals surface area contributed by atoms with E-state index in [0.29, 0.717) is 37.4 Å². The second-order valence-corrected chi connectivity index (χ2v) is 7.65. The van der Waals surface area contributed by atoms with Gasteiger partial charge in [0, 0.05) is 42.7 Å². The number of carbonyl (C=O) groups is 2. The summed E-state index contributed by atoms with van der Waals surface area (Å²) in [7, 11) is 1.60. The average Bonchev–Trinajstić information content (AvgIpc) is 3.24. The minimum Gasteiger partial charge on any atom is -0.497 e. The fourth-order valence-corrected chi connectivity index (χ4v) is 4.30. The van der Waals surface area contributed by atoms with E-state index in [0.717, 1.165) is 17.7 Å². The number of nitrogens with zero attached hydrogens (tertiary/aromatic N) is 2. The molecule has 2 heterocycles. The van der Waals surface area contributed by atoms with Crippen molar-refractivity contribution < 1.29 is 14.3 Å². The van der Waals surface area contributed by atoms with Crippen LogP contribution in [-0.2, 0) is 4.79 Å². The van der Waals surface area contributed by atoms with Gasteiger partial charge in [-0.2, -0.15) is 0 Å². The van der Waals surface area contributed by atoms with Crippen LogP contribution in [0.1, 0.15) is 28.8 Å². The lowest BCUT2D eigenvalue weighted by Gasteiger charge is -2.25. The van der Waals surface area contributed by atoms with Crippen LogP contribution in [0.15, 0.2) is 48.5 Å². The first-order chi connectivity index (χ1) is 13.0. The molecule has 2 aromatic carbocycles. The number of carbonyl (C=O) groups excluding carboxylic acids is 2. The van der Waals surface area contributed by atoms with Crippen molar-refractivity contribution in [2.45, 2.75) is 19.8 Å². The number of para-hydroxylation sites is 1. The number of likely N-dealkylation sites (tertiary alicyclic amines) is 1. The molecule has 1 spiro atoms. The molecule has 2 aliphatic rings. The van der Waals surface area contributed by atoms with Crippen molar-refractivity contribution in [1.82, 2.24) is 4.90 Å². The maximum absolute atomic E-state index is 12.9. The molecule has 0 N–H and O–H groups in total. The quantitative estimate of drug-likeness (QED) is 0.840. The third-order valence-electron chi connectivity index (χ3n) is 5.77. The van der Waals surface area contributed by atoms with E-state index in [-0.39, 0.29) is 17.2 Å². The molecule has 0 aromatic heterocycles. The molecule has 2 aromatic rings. The third-order valence-corrected chi connectivity index (χ3v) is 5.77. The molecule has 2 fully saturated rings. The summed E-state index contributed by atoms with van der Waals surface area (Å²) in [4.78, 5) is 29.4. The van der Waals surface area contributed by atoms with E-state index in [1.807, 2.05) is 59.2 Å². The summed E-state index contributed by atoms with van der Waals surface area (Å²) in [6.45, 7) is 4.02. The van der Waals surface area contributed by atoms with Gasteiger partial charge in [-0.25, -0.2) is 0 Å². The number of rotatable bonds is 3. The number of benzene rings is 2. The van der Waals surface area contributed by atoms with Crippen molar-refractivity contribution in [2.75, 3.05) is 31.6 Å². The monoisotopic (exact) mass is 364 g/mol. The first-order valence-corrected chi connectivity index (χ1v) is 9.31. The van der Waals surface area contributed by atoms with E-state index in [1.54, 1.807) is 13.2 Å². The highest BCUT2D eigenvalue weighted by molar-refractivity contribution is 5.98. The summed E-state index contributed by atoms with van der Waals surface area (Å²) >= 11 is 0. The van der Waals surface area contributed by atoms with Crippen LogP contribution in [0.2, 0.25) is 0 Å². The van der Waals surface area contributed by atoms with E-state index in [4.69, 9.17) is 4.74 Å². The first-order valence-electron chi connectivity index (χ1n) is 9.31. The summed E-state index contributed by atoms with van der Waals surface area (Å²) in [6, 6.07) is 15.2. The smallest absolute Gasteiger partial charge is 0.254 e. The molecular formula is C22H24N2O3. The minimum atomic E-state index is -0.145. The number of hydrogen-bond acceptors (Lipinski definition) is 3. The molecule has 4 rings (SSSR count). The fourth-order valence-electron chi connectivity index (χ4n) is 4.30. The molecular weight excluding hydrogens is 340 g/mol. The maximum Gasteiger partial charge on any atom is 0.254 e. The molecule has 0 saturated carbocycles. The number of amides is 2. The van der Waals surface area contributed by atoms with Gasteiger partial charge in [-0.15, -0.1) is 0 Å². The zero-order valence-electron chi connectivity index (χ0n) is 15.8. The molecule has 2 amide bonds. The fraction of sp³-hybridized carbons (Fsp3) is 0.364. The van der Waals surface area contributed by atoms with Crippen molar-refractivity contribution in [3.63, 3.8) is 0 Å². The Morgan fingerprint density at radius 2 is 1.93 bits per heavy atom. The largest absolute Gasteiger partial charge is 0.497 e. The van der Waals surface area contributed by atoms with Crippen LogP contribution in [0.25, 0.3) is 0 Å². The minimum absolute atomic E-state index is 0.00701. The lowest BCUT2D eigenvalue weighted by atomic mass is 9.86. The average molecular weight is 364 g/mol. The highest BCUT2D eigenvalue weighted by Gasteiger charge is 2.49. The maximum atomic E-state index is 12.9. The second-order valence-electron chi connectivity index (χ2n) is 7.65. The van der Waals surface area contributed by atoms with Crippen LogP contribution in [0, 0.1) is 12.3 Å². The van der Waals surface area contributed by atoms with Gasteiger partial charge >= 0.3 is 0 Å². The van der Waals surface area contributed by atoms with Gasteiger partial charge in [-0.3, -0.25) is 9.59 Å². The highest BCUT2D eigenvalue weighted by Crippen LogP contribution is 2.42. The molecule has 5 heteroatoms. The number of ether oxygens (including phenoxy) is 1. The molecule has 140 valence electrons. The molecule has 0 unspecified atom stereocenters. The van der Waals surface area contributed by atoms with Crippen molar-refractivity contribution in [1.29, 1.82) is 0 Å². The molecule has 0 aliphatic carbocycles. The topological polar surface area (TPSA) is 49.9 Å². The van der Waals surface area contributed by atoms with Gasteiger partial charge in [-0.05, 0) is 43.2 Å². The Hall–Kier alpha value is -2.82. The van der Waals surface area contributed by atoms with Crippen LogP contribution >= 0.6 is 0 Å². The van der Waals surface area contributed by atoms with Crippen molar-refractivity contribution >= 4 is 17.5 Å². The van der Waals surface area contributed by atoms with Crippen LogP contribution in [0.3, 0.4) is 0 Å². The van der Waals surface area contributed by atoms with Crippen LogP contribution in [0.5, 0.6) is 5.75 Å². The molecule has 0 radical (unpaired) electrons. The van der Waals surface area contributed by atoms with Gasteiger partial charge in [0.05, 0.1) is 7.11 Å². The van der Waals surface area contributed by atoms with Crippen LogP contribution < -0.4 is 9.64 Å². The first kappa shape index (κ1) is 17.6. The normalized spacial score (nSPS) is 21.9. The Balaban J connectivity index is 1.51. The van der Waals surface area contributed by atoms with E-state index in [9.17, 15) is 9.59 Å². The lowest BCUT2D eigenvalue weighted by Crippen LogP contribution is -2.34. The number of methoxy groups -OCH3 is 1. The summed E-state index contributed by atoms with van der Waals surface area (Å²) in [5, 5.41) is 0. The highest BCUT2D eigenvalue weighted by atomic mass is 16.5. The van der Waals surface area contributed by atoms with Crippen molar-refractivity contribution in [3.05, 3.63) is 59.7 Å². The van der Waals surface area contributed by atoms with Gasteiger partial charge < -0.3 is 14.5 Å². The number of anilines is 1. The van der Waals surface area contributed by atoms with Gasteiger partial charge in [0.25, 0.3) is 5.91 Å². The van der Waals surface area contributed by atoms with Gasteiger partial charge in [-0.1, -0.05) is 24.3 Å². The van der Waals surface area contributed by atoms with Crippen molar-refractivity contribution in [2.24, 2.45) is 5.41 Å². The number of hydrogen-bond donors (Lipinski definition) is 0. The summed E-state index contributed by atoms with van der Waals surface area (Å²) in [6.07, 6.45) is 1.36. The zero-order chi connectivity index (χ0) is 19.0. The summed E-state index contributed by atoms with van der Waals surface area (Å²) < 4.78 is 5.23. The van der Waals surface area contributed by atoms with E-state index in [1.165, 1.54) is 0 Å². The summed E-state index contributed by atoms with van der Waals surface area (Å²) in [5.41, 5.74) is 2.57.